The lowest BCUT2D eigenvalue weighted by molar-refractivity contribution is -0.0500. The van der Waals surface area contributed by atoms with Crippen molar-refractivity contribution in [2.45, 2.75) is 25.9 Å². The van der Waals surface area contributed by atoms with Crippen molar-refractivity contribution in [1.29, 1.82) is 0 Å². The maximum Gasteiger partial charge on any atom is 0.387 e. The first-order chi connectivity index (χ1) is 10.2. The minimum Gasteiger partial charge on any atom is -0.433 e. The van der Waals surface area contributed by atoms with Crippen LogP contribution in [-0.4, -0.2) is 37.8 Å². The molecule has 1 aromatic rings. The second-order valence-corrected chi connectivity index (χ2v) is 5.81. The predicted octanol–water partition coefficient (Wildman–Crippen LogP) is 2.51. The number of halogens is 2. The first-order valence-electron chi connectivity index (χ1n) is 7.59. The number of piperidine rings is 1. The van der Waals surface area contributed by atoms with Gasteiger partial charge in [-0.3, -0.25) is 0 Å². The Morgan fingerprint density at radius 1 is 1.19 bits per heavy atom. The number of hydrogen-bond donors (Lipinski definition) is 1. The van der Waals surface area contributed by atoms with E-state index in [9.17, 15) is 8.78 Å². The van der Waals surface area contributed by atoms with Crippen LogP contribution < -0.4 is 15.0 Å². The maximum atomic E-state index is 12.1. The van der Waals surface area contributed by atoms with Crippen LogP contribution in [0.5, 0.6) is 5.75 Å². The third-order valence-corrected chi connectivity index (χ3v) is 4.57. The highest BCUT2D eigenvalue weighted by Crippen LogP contribution is 2.30. The van der Waals surface area contributed by atoms with Crippen LogP contribution >= 0.6 is 0 Å². The Labute approximate surface area is 123 Å². The van der Waals surface area contributed by atoms with Crippen LogP contribution in [0.4, 0.5) is 14.6 Å². The summed E-state index contributed by atoms with van der Waals surface area (Å²) in [7, 11) is 0. The van der Waals surface area contributed by atoms with Gasteiger partial charge in [0.1, 0.15) is 11.6 Å². The molecule has 0 radical (unpaired) electrons. The molecule has 4 nitrogen and oxygen atoms in total. The third-order valence-electron chi connectivity index (χ3n) is 4.57. The van der Waals surface area contributed by atoms with Crippen molar-refractivity contribution in [1.82, 2.24) is 10.3 Å². The Hall–Kier alpha value is -1.43. The molecule has 0 saturated carbocycles. The highest BCUT2D eigenvalue weighted by molar-refractivity contribution is 5.41. The molecule has 0 bridgehead atoms. The van der Waals surface area contributed by atoms with Crippen molar-refractivity contribution >= 4 is 5.82 Å². The Kier molecular flexibility index (Phi) is 4.53. The monoisotopic (exact) mass is 297 g/mol. The number of ether oxygens (including phenoxy) is 1. The topological polar surface area (TPSA) is 37.4 Å². The molecule has 21 heavy (non-hydrogen) atoms. The predicted molar refractivity (Wildman–Crippen MR) is 76.8 cm³/mol. The van der Waals surface area contributed by atoms with E-state index in [2.05, 4.69) is 19.9 Å². The molecule has 2 saturated heterocycles. The average Bonchev–Trinajstić information content (AvgIpc) is 3.02. The normalized spacial score (nSPS) is 23.8. The number of pyridine rings is 1. The van der Waals surface area contributed by atoms with Crippen molar-refractivity contribution < 1.29 is 13.5 Å². The van der Waals surface area contributed by atoms with E-state index in [0.717, 1.165) is 43.8 Å². The lowest BCUT2D eigenvalue weighted by Crippen LogP contribution is -2.37. The number of aromatic nitrogens is 1. The van der Waals surface area contributed by atoms with Crippen LogP contribution in [0.3, 0.4) is 0 Å². The molecule has 2 aliphatic heterocycles. The van der Waals surface area contributed by atoms with Crippen LogP contribution in [0.25, 0.3) is 0 Å². The molecule has 1 unspecified atom stereocenters. The Bertz CT molecular complexity index is 441. The number of hydrogen-bond acceptors (Lipinski definition) is 4. The minimum absolute atomic E-state index is 0.112. The number of alkyl halides is 2. The second kappa shape index (κ2) is 6.56. The fraction of sp³-hybridized carbons (Fsp3) is 0.667. The van der Waals surface area contributed by atoms with E-state index in [1.807, 2.05) is 0 Å². The average molecular weight is 297 g/mol. The molecule has 0 aromatic carbocycles. The van der Waals surface area contributed by atoms with E-state index in [1.54, 1.807) is 12.1 Å². The van der Waals surface area contributed by atoms with E-state index in [0.29, 0.717) is 0 Å². The van der Waals surface area contributed by atoms with Gasteiger partial charge in [-0.1, -0.05) is 0 Å². The van der Waals surface area contributed by atoms with Gasteiger partial charge in [-0.15, -0.1) is 0 Å². The van der Waals surface area contributed by atoms with Gasteiger partial charge in [0.25, 0.3) is 0 Å². The van der Waals surface area contributed by atoms with E-state index in [1.165, 1.54) is 25.5 Å². The fourth-order valence-electron chi connectivity index (χ4n) is 3.41. The zero-order chi connectivity index (χ0) is 14.7. The van der Waals surface area contributed by atoms with Gasteiger partial charge in [0.2, 0.25) is 0 Å². The summed E-state index contributed by atoms with van der Waals surface area (Å²) in [6.45, 7) is 1.49. The highest BCUT2D eigenvalue weighted by Gasteiger charge is 2.28. The van der Waals surface area contributed by atoms with Crippen molar-refractivity contribution in [3.63, 3.8) is 0 Å². The molecule has 2 fully saturated rings. The molecule has 0 aliphatic carbocycles. The molecule has 2 aliphatic rings. The number of anilines is 1. The van der Waals surface area contributed by atoms with Gasteiger partial charge < -0.3 is 15.0 Å². The molecule has 0 amide bonds. The van der Waals surface area contributed by atoms with Crippen LogP contribution in [0.15, 0.2) is 18.3 Å². The molecule has 6 heteroatoms. The minimum atomic E-state index is -2.80. The molecule has 1 N–H and O–H groups in total. The summed E-state index contributed by atoms with van der Waals surface area (Å²) in [6.07, 6.45) is 5.03. The van der Waals surface area contributed by atoms with Gasteiger partial charge in [0.05, 0.1) is 6.20 Å². The molecule has 3 rings (SSSR count). The Balaban J connectivity index is 1.54. The summed E-state index contributed by atoms with van der Waals surface area (Å²) in [5.41, 5.74) is 0. The zero-order valence-electron chi connectivity index (χ0n) is 12.0. The second-order valence-electron chi connectivity index (χ2n) is 5.81. The molecule has 1 atom stereocenters. The summed E-state index contributed by atoms with van der Waals surface area (Å²) >= 11 is 0. The third kappa shape index (κ3) is 3.61. The SMILES string of the molecule is FC(F)Oc1ccc(N2CCC(C3CCNC3)CC2)nc1. The lowest BCUT2D eigenvalue weighted by atomic mass is 9.84. The molecular weight excluding hydrogens is 276 g/mol. The molecule has 0 spiro atoms. The molecule has 1 aromatic heterocycles. The molecule has 116 valence electrons. The summed E-state index contributed by atoms with van der Waals surface area (Å²) in [5, 5.41) is 3.43. The van der Waals surface area contributed by atoms with Crippen molar-refractivity contribution in [2.75, 3.05) is 31.1 Å². The van der Waals surface area contributed by atoms with Gasteiger partial charge >= 0.3 is 6.61 Å². The maximum absolute atomic E-state index is 12.1. The van der Waals surface area contributed by atoms with Gasteiger partial charge in [-0.2, -0.15) is 8.78 Å². The lowest BCUT2D eigenvalue weighted by Gasteiger charge is -2.35. The van der Waals surface area contributed by atoms with Gasteiger partial charge in [0.15, 0.2) is 0 Å². The highest BCUT2D eigenvalue weighted by atomic mass is 19.3. The molecular formula is C15H21F2N3O. The van der Waals surface area contributed by atoms with Crippen molar-refractivity contribution in [3.8, 4) is 5.75 Å². The largest absolute Gasteiger partial charge is 0.433 e. The van der Waals surface area contributed by atoms with Crippen LogP contribution in [0, 0.1) is 11.8 Å². The van der Waals surface area contributed by atoms with Gasteiger partial charge in [-0.05, 0) is 56.3 Å². The number of nitrogens with one attached hydrogen (secondary N) is 1. The van der Waals surface area contributed by atoms with E-state index in [4.69, 9.17) is 0 Å². The van der Waals surface area contributed by atoms with E-state index in [-0.39, 0.29) is 5.75 Å². The smallest absolute Gasteiger partial charge is 0.387 e. The number of rotatable bonds is 4. The van der Waals surface area contributed by atoms with Crippen LogP contribution in [0.1, 0.15) is 19.3 Å². The van der Waals surface area contributed by atoms with Crippen LogP contribution in [-0.2, 0) is 0 Å². The molecule has 3 heterocycles. The summed E-state index contributed by atoms with van der Waals surface area (Å²) in [6, 6.07) is 3.32. The summed E-state index contributed by atoms with van der Waals surface area (Å²) in [4.78, 5) is 6.46. The van der Waals surface area contributed by atoms with Crippen LogP contribution in [0.2, 0.25) is 0 Å². The fourth-order valence-corrected chi connectivity index (χ4v) is 3.41. The van der Waals surface area contributed by atoms with Crippen molar-refractivity contribution in [3.05, 3.63) is 18.3 Å². The van der Waals surface area contributed by atoms with Gasteiger partial charge in [-0.25, -0.2) is 4.98 Å². The first-order valence-corrected chi connectivity index (χ1v) is 7.59. The standard InChI is InChI=1S/C15H21F2N3O/c16-15(17)21-13-1-2-14(19-10-13)20-7-4-11(5-8-20)12-3-6-18-9-12/h1-2,10-12,15,18H,3-9H2. The quantitative estimate of drug-likeness (QED) is 0.926. The zero-order valence-corrected chi connectivity index (χ0v) is 12.0. The first kappa shape index (κ1) is 14.5. The summed E-state index contributed by atoms with van der Waals surface area (Å²) < 4.78 is 28.5. The van der Waals surface area contributed by atoms with E-state index >= 15 is 0 Å². The Morgan fingerprint density at radius 3 is 2.57 bits per heavy atom. The van der Waals surface area contributed by atoms with E-state index < -0.39 is 6.61 Å². The van der Waals surface area contributed by atoms with Crippen molar-refractivity contribution in [2.24, 2.45) is 11.8 Å². The van der Waals surface area contributed by atoms with Gasteiger partial charge in [0, 0.05) is 13.1 Å². The Morgan fingerprint density at radius 2 is 2.00 bits per heavy atom. The summed E-state index contributed by atoms with van der Waals surface area (Å²) in [5.74, 6) is 2.58. The number of nitrogens with zero attached hydrogens (tertiary/aromatic N) is 2.